The van der Waals surface area contributed by atoms with Crippen LogP contribution in [0.15, 0.2) is 11.5 Å². The molecule has 2 nitrogen and oxygen atoms in total. The van der Waals surface area contributed by atoms with Crippen LogP contribution in [-0.4, -0.2) is 20.4 Å². The zero-order valence-corrected chi connectivity index (χ0v) is 13.7. The summed E-state index contributed by atoms with van der Waals surface area (Å²) in [7, 11) is 2.86. The van der Waals surface area contributed by atoms with Crippen molar-refractivity contribution in [1.29, 1.82) is 0 Å². The molecule has 0 aliphatic heterocycles. The first-order chi connectivity index (χ1) is 9.85. The Morgan fingerprint density at radius 1 is 1.00 bits per heavy atom. The van der Waals surface area contributed by atoms with Gasteiger partial charge in [0.15, 0.2) is 0 Å². The highest BCUT2D eigenvalue weighted by molar-refractivity contribution is 5.08. The highest BCUT2D eigenvalue weighted by Gasteiger charge is 2.29. The minimum absolute atomic E-state index is 0.0453. The third-order valence-corrected chi connectivity index (χ3v) is 3.65. The largest absolute Gasteiger partial charge is 0.469 e. The number of methoxy groups -OCH3 is 2. The average Bonchev–Trinajstić information content (AvgIpc) is 2.41. The van der Waals surface area contributed by atoms with Crippen LogP contribution in [0.2, 0.25) is 0 Å². The van der Waals surface area contributed by atoms with Crippen LogP contribution in [0, 0.1) is 5.92 Å². The van der Waals surface area contributed by atoms with E-state index >= 15 is 0 Å². The first-order valence-electron chi connectivity index (χ1n) is 7.73. The van der Waals surface area contributed by atoms with Gasteiger partial charge in [-0.3, -0.25) is 0 Å². The molecule has 0 heterocycles. The molecule has 0 saturated heterocycles. The van der Waals surface area contributed by atoms with Crippen molar-refractivity contribution < 1.29 is 22.6 Å². The molecule has 0 radical (unpaired) electrons. The van der Waals surface area contributed by atoms with E-state index in [2.05, 4.69) is 6.92 Å². The maximum atomic E-state index is 12.4. The summed E-state index contributed by atoms with van der Waals surface area (Å²) in [4.78, 5) is 0. The molecule has 21 heavy (non-hydrogen) atoms. The van der Waals surface area contributed by atoms with E-state index in [0.717, 1.165) is 19.3 Å². The maximum Gasteiger partial charge on any atom is 0.389 e. The lowest BCUT2D eigenvalue weighted by Gasteiger charge is -2.20. The highest BCUT2D eigenvalue weighted by Crippen LogP contribution is 2.31. The van der Waals surface area contributed by atoms with Crippen molar-refractivity contribution in [3.05, 3.63) is 11.5 Å². The van der Waals surface area contributed by atoms with Crippen molar-refractivity contribution in [3.8, 4) is 0 Å². The fraction of sp³-hybridized carbons (Fsp3) is 0.875. The van der Waals surface area contributed by atoms with Gasteiger partial charge >= 0.3 is 6.18 Å². The Kier molecular flexibility index (Phi) is 10.4. The maximum absolute atomic E-state index is 12.4. The van der Waals surface area contributed by atoms with Gasteiger partial charge in [-0.05, 0) is 18.8 Å². The molecular weight excluding hydrogens is 281 g/mol. The van der Waals surface area contributed by atoms with Crippen molar-refractivity contribution in [2.75, 3.05) is 14.2 Å². The molecule has 0 aliphatic carbocycles. The second-order valence-electron chi connectivity index (χ2n) is 5.44. The highest BCUT2D eigenvalue weighted by atomic mass is 19.4. The molecule has 1 unspecified atom stereocenters. The van der Waals surface area contributed by atoms with Crippen molar-refractivity contribution in [2.45, 2.75) is 71.4 Å². The van der Waals surface area contributed by atoms with E-state index in [1.54, 1.807) is 0 Å². The molecule has 0 aromatic carbocycles. The summed E-state index contributed by atoms with van der Waals surface area (Å²) >= 11 is 0. The number of ether oxygens (including phenoxy) is 2. The molecule has 0 spiro atoms. The van der Waals surface area contributed by atoms with Crippen LogP contribution in [0.4, 0.5) is 13.2 Å². The van der Waals surface area contributed by atoms with Crippen LogP contribution in [0.25, 0.3) is 0 Å². The molecule has 126 valence electrons. The third-order valence-electron chi connectivity index (χ3n) is 3.65. The Bertz CT molecular complexity index is 292. The number of hydrogen-bond donors (Lipinski definition) is 0. The molecule has 1 atom stereocenters. The molecule has 0 aromatic heterocycles. The van der Waals surface area contributed by atoms with Gasteiger partial charge in [0.25, 0.3) is 5.95 Å². The molecule has 0 N–H and O–H groups in total. The molecular formula is C16H29F3O2. The first-order valence-corrected chi connectivity index (χ1v) is 7.73. The molecule has 0 amide bonds. The van der Waals surface area contributed by atoms with Crippen LogP contribution >= 0.6 is 0 Å². The first kappa shape index (κ1) is 20.1. The summed E-state index contributed by atoms with van der Waals surface area (Å²) in [6.45, 7) is 4.10. The minimum Gasteiger partial charge on any atom is -0.469 e. The zero-order chi connectivity index (χ0) is 16.3. The molecule has 5 heteroatoms. The lowest BCUT2D eigenvalue weighted by molar-refractivity contribution is -0.134. The number of alkyl halides is 3. The van der Waals surface area contributed by atoms with E-state index in [-0.39, 0.29) is 18.3 Å². The number of hydrogen-bond acceptors (Lipinski definition) is 2. The monoisotopic (exact) mass is 310 g/mol. The fourth-order valence-electron chi connectivity index (χ4n) is 2.40. The summed E-state index contributed by atoms with van der Waals surface area (Å²) in [6, 6.07) is 0. The van der Waals surface area contributed by atoms with Crippen molar-refractivity contribution >= 4 is 0 Å². The zero-order valence-electron chi connectivity index (χ0n) is 13.7. The van der Waals surface area contributed by atoms with E-state index in [4.69, 9.17) is 9.47 Å². The van der Waals surface area contributed by atoms with Gasteiger partial charge in [0.2, 0.25) is 0 Å². The molecule has 0 bridgehead atoms. The molecule has 0 saturated carbocycles. The van der Waals surface area contributed by atoms with Crippen LogP contribution < -0.4 is 0 Å². The van der Waals surface area contributed by atoms with Gasteiger partial charge in [-0.2, -0.15) is 13.2 Å². The number of rotatable bonds is 11. The molecule has 0 fully saturated rings. The smallest absolute Gasteiger partial charge is 0.389 e. The summed E-state index contributed by atoms with van der Waals surface area (Å²) < 4.78 is 47.5. The number of allylic oxidation sites excluding steroid dienone is 1. The van der Waals surface area contributed by atoms with E-state index in [9.17, 15) is 13.2 Å². The van der Waals surface area contributed by atoms with Crippen LogP contribution in [-0.2, 0) is 9.47 Å². The van der Waals surface area contributed by atoms with Crippen LogP contribution in [0.5, 0.6) is 0 Å². The fourth-order valence-corrected chi connectivity index (χ4v) is 2.40. The molecule has 0 aromatic rings. The van der Waals surface area contributed by atoms with Crippen molar-refractivity contribution in [3.63, 3.8) is 0 Å². The summed E-state index contributed by atoms with van der Waals surface area (Å²) in [6.07, 6.45) is 1.56. The van der Waals surface area contributed by atoms with Gasteiger partial charge in [0.05, 0.1) is 14.2 Å². The second-order valence-corrected chi connectivity index (χ2v) is 5.44. The summed E-state index contributed by atoms with van der Waals surface area (Å²) in [5.41, 5.74) is 0.632. The van der Waals surface area contributed by atoms with E-state index in [1.165, 1.54) is 33.5 Å². The summed E-state index contributed by atoms with van der Waals surface area (Å²) in [5, 5.41) is 0. The Hall–Kier alpha value is -0.870. The van der Waals surface area contributed by atoms with E-state index < -0.39 is 12.6 Å². The molecule has 0 aliphatic rings. The second kappa shape index (κ2) is 10.8. The Labute approximate surface area is 126 Å². The Morgan fingerprint density at radius 3 is 2.05 bits per heavy atom. The predicted molar refractivity (Wildman–Crippen MR) is 78.9 cm³/mol. The standard InChI is InChI=1S/C16H29F3O2/c1-5-6-7-8-9-10-13(2)14(15(20-3)21-4)11-12-16(17,18)19/h13H,5-12H2,1-4H3. The SMILES string of the molecule is CCCCCCCC(C)C(CCC(F)(F)F)=C(OC)OC. The van der Waals surface area contributed by atoms with Gasteiger partial charge in [-0.25, -0.2) is 0 Å². The number of halogens is 3. The van der Waals surface area contributed by atoms with Crippen LogP contribution in [0.3, 0.4) is 0 Å². The van der Waals surface area contributed by atoms with E-state index in [1.807, 2.05) is 6.92 Å². The van der Waals surface area contributed by atoms with Gasteiger partial charge in [-0.1, -0.05) is 46.0 Å². The van der Waals surface area contributed by atoms with Crippen molar-refractivity contribution in [2.24, 2.45) is 5.92 Å². The van der Waals surface area contributed by atoms with Gasteiger partial charge in [0, 0.05) is 12.0 Å². The van der Waals surface area contributed by atoms with Gasteiger partial charge < -0.3 is 9.47 Å². The van der Waals surface area contributed by atoms with Crippen LogP contribution in [0.1, 0.15) is 65.2 Å². The Balaban J connectivity index is 4.54. The summed E-state index contributed by atoms with van der Waals surface area (Å²) in [5.74, 6) is 0.282. The van der Waals surface area contributed by atoms with Gasteiger partial charge in [0.1, 0.15) is 0 Å². The van der Waals surface area contributed by atoms with Gasteiger partial charge in [-0.15, -0.1) is 0 Å². The lowest BCUT2D eigenvalue weighted by Crippen LogP contribution is -2.12. The lowest BCUT2D eigenvalue weighted by atomic mass is 9.91. The van der Waals surface area contributed by atoms with Crippen molar-refractivity contribution in [1.82, 2.24) is 0 Å². The average molecular weight is 310 g/mol. The quantitative estimate of drug-likeness (QED) is 0.353. The Morgan fingerprint density at radius 2 is 1.57 bits per heavy atom. The third kappa shape index (κ3) is 9.64. The topological polar surface area (TPSA) is 18.5 Å². The number of unbranched alkanes of at least 4 members (excludes halogenated alkanes) is 4. The predicted octanol–water partition coefficient (Wildman–Crippen LogP) is 5.83. The minimum atomic E-state index is -4.15. The molecule has 0 rings (SSSR count). The van der Waals surface area contributed by atoms with E-state index in [0.29, 0.717) is 5.57 Å². The normalized spacial score (nSPS) is 12.9.